The average molecular weight is 440 g/mol. The van der Waals surface area contributed by atoms with Crippen molar-refractivity contribution >= 4 is 17.4 Å². The van der Waals surface area contributed by atoms with Gasteiger partial charge in [-0.3, -0.25) is 9.59 Å². The number of methoxy groups -OCH3 is 3. The third-order valence-electron chi connectivity index (χ3n) is 5.42. The van der Waals surface area contributed by atoms with Crippen LogP contribution in [0.3, 0.4) is 0 Å². The van der Waals surface area contributed by atoms with E-state index in [4.69, 9.17) is 14.2 Å². The molecular formula is C24H28N2O6. The molecule has 2 aromatic rings. The van der Waals surface area contributed by atoms with Crippen LogP contribution in [0.1, 0.15) is 17.2 Å². The highest BCUT2D eigenvalue weighted by molar-refractivity contribution is 6.46. The summed E-state index contributed by atoms with van der Waals surface area (Å²) >= 11 is 0. The Kier molecular flexibility index (Phi) is 7.05. The van der Waals surface area contributed by atoms with Crippen LogP contribution in [0.25, 0.3) is 5.76 Å². The SMILES string of the molecule is COc1ccc(C(O)=C2C(=O)C(=O)N(CCN(C)C)[C@@H]2c2cc(OC)ccc2OC)cc1. The van der Waals surface area contributed by atoms with Crippen molar-refractivity contribution in [3.63, 3.8) is 0 Å². The lowest BCUT2D eigenvalue weighted by molar-refractivity contribution is -0.140. The van der Waals surface area contributed by atoms with Crippen LogP contribution in [0.2, 0.25) is 0 Å². The van der Waals surface area contributed by atoms with Crippen molar-refractivity contribution in [3.05, 3.63) is 59.2 Å². The van der Waals surface area contributed by atoms with Crippen molar-refractivity contribution in [1.29, 1.82) is 0 Å². The first kappa shape index (κ1) is 23.1. The standard InChI is InChI=1S/C24H28N2O6/c1-25(2)12-13-26-21(18-14-17(31-4)10-11-19(18)32-5)20(23(28)24(26)29)22(27)15-6-8-16(30-3)9-7-15/h6-11,14,21,27H,12-13H2,1-5H3/t21-/m1/s1. The molecule has 1 amide bonds. The zero-order valence-corrected chi connectivity index (χ0v) is 18.9. The topological polar surface area (TPSA) is 88.5 Å². The van der Waals surface area contributed by atoms with E-state index < -0.39 is 17.7 Å². The second kappa shape index (κ2) is 9.74. The predicted octanol–water partition coefficient (Wildman–Crippen LogP) is 2.70. The van der Waals surface area contributed by atoms with E-state index in [2.05, 4.69) is 0 Å². The summed E-state index contributed by atoms with van der Waals surface area (Å²) < 4.78 is 16.1. The van der Waals surface area contributed by atoms with Crippen LogP contribution in [0.5, 0.6) is 17.2 Å². The van der Waals surface area contributed by atoms with Crippen LogP contribution in [0.15, 0.2) is 48.0 Å². The molecule has 170 valence electrons. The first-order chi connectivity index (χ1) is 15.3. The summed E-state index contributed by atoms with van der Waals surface area (Å²) in [6, 6.07) is 11.0. The van der Waals surface area contributed by atoms with Crippen molar-refractivity contribution < 1.29 is 28.9 Å². The van der Waals surface area contributed by atoms with Crippen LogP contribution in [-0.2, 0) is 9.59 Å². The van der Waals surface area contributed by atoms with E-state index in [0.717, 1.165) is 0 Å². The molecule has 0 unspecified atom stereocenters. The lowest BCUT2D eigenvalue weighted by Gasteiger charge is -2.28. The van der Waals surface area contributed by atoms with Gasteiger partial charge in [-0.25, -0.2) is 0 Å². The molecule has 0 saturated carbocycles. The van der Waals surface area contributed by atoms with Gasteiger partial charge in [0.15, 0.2) is 0 Å². The quantitative estimate of drug-likeness (QED) is 0.384. The third kappa shape index (κ3) is 4.40. The summed E-state index contributed by atoms with van der Waals surface area (Å²) in [5.41, 5.74) is 0.966. The van der Waals surface area contributed by atoms with Gasteiger partial charge in [-0.05, 0) is 56.6 Å². The van der Waals surface area contributed by atoms with Crippen molar-refractivity contribution in [3.8, 4) is 17.2 Å². The number of ether oxygens (including phenoxy) is 3. The molecule has 2 aromatic carbocycles. The summed E-state index contributed by atoms with van der Waals surface area (Å²) in [5.74, 6) is -0.0346. The summed E-state index contributed by atoms with van der Waals surface area (Å²) in [6.07, 6.45) is 0. The molecule has 0 aromatic heterocycles. The Hall–Kier alpha value is -3.52. The van der Waals surface area contributed by atoms with Gasteiger partial charge in [0.2, 0.25) is 0 Å². The Morgan fingerprint density at radius 3 is 2.16 bits per heavy atom. The maximum atomic E-state index is 13.1. The lowest BCUT2D eigenvalue weighted by Crippen LogP contribution is -2.35. The number of nitrogens with zero attached hydrogens (tertiary/aromatic N) is 2. The zero-order valence-electron chi connectivity index (χ0n) is 18.9. The van der Waals surface area contributed by atoms with E-state index >= 15 is 0 Å². The van der Waals surface area contributed by atoms with E-state index in [1.165, 1.54) is 19.1 Å². The molecule has 3 rings (SSSR count). The molecule has 1 N–H and O–H groups in total. The summed E-state index contributed by atoms with van der Waals surface area (Å²) in [5, 5.41) is 11.1. The highest BCUT2D eigenvalue weighted by Gasteiger charge is 2.47. The molecule has 1 aliphatic rings. The molecule has 32 heavy (non-hydrogen) atoms. The van der Waals surface area contributed by atoms with Gasteiger partial charge < -0.3 is 29.1 Å². The molecule has 1 fully saturated rings. The van der Waals surface area contributed by atoms with Crippen LogP contribution in [0, 0.1) is 0 Å². The van der Waals surface area contributed by atoms with Gasteiger partial charge in [0.1, 0.15) is 23.0 Å². The number of Topliss-reactive ketones (excluding diaryl/α,β-unsaturated/α-hetero) is 1. The minimum absolute atomic E-state index is 0.00507. The fraction of sp³-hybridized carbons (Fsp3) is 0.333. The Morgan fingerprint density at radius 1 is 0.969 bits per heavy atom. The number of benzene rings is 2. The molecule has 0 spiro atoms. The average Bonchev–Trinajstić information content (AvgIpc) is 3.06. The van der Waals surface area contributed by atoms with Crippen LogP contribution >= 0.6 is 0 Å². The molecular weight excluding hydrogens is 412 g/mol. The zero-order chi connectivity index (χ0) is 23.4. The molecule has 8 nitrogen and oxygen atoms in total. The maximum absolute atomic E-state index is 13.1. The lowest BCUT2D eigenvalue weighted by atomic mass is 9.94. The molecule has 1 heterocycles. The molecule has 0 bridgehead atoms. The van der Waals surface area contributed by atoms with E-state index in [-0.39, 0.29) is 11.3 Å². The van der Waals surface area contributed by atoms with Crippen molar-refractivity contribution in [1.82, 2.24) is 9.80 Å². The fourth-order valence-corrected chi connectivity index (χ4v) is 3.70. The van der Waals surface area contributed by atoms with Crippen LogP contribution in [-0.4, -0.2) is 75.1 Å². The summed E-state index contributed by atoms with van der Waals surface area (Å²) in [4.78, 5) is 29.5. The van der Waals surface area contributed by atoms with Gasteiger partial charge in [0, 0.05) is 24.2 Å². The van der Waals surface area contributed by atoms with Crippen molar-refractivity contribution in [2.75, 3.05) is 48.5 Å². The van der Waals surface area contributed by atoms with Crippen LogP contribution < -0.4 is 14.2 Å². The number of likely N-dealkylation sites (N-methyl/N-ethyl adjacent to an activating group) is 1. The minimum Gasteiger partial charge on any atom is -0.507 e. The molecule has 0 radical (unpaired) electrons. The number of carbonyl (C=O) groups excluding carboxylic acids is 2. The van der Waals surface area contributed by atoms with Gasteiger partial charge in [-0.1, -0.05) is 0 Å². The number of ketones is 1. The van der Waals surface area contributed by atoms with Crippen LogP contribution in [0.4, 0.5) is 0 Å². The number of hydrogen-bond donors (Lipinski definition) is 1. The highest BCUT2D eigenvalue weighted by Crippen LogP contribution is 2.43. The number of hydrogen-bond acceptors (Lipinski definition) is 7. The Labute approximate surface area is 187 Å². The predicted molar refractivity (Wildman–Crippen MR) is 120 cm³/mol. The van der Waals surface area contributed by atoms with E-state index in [0.29, 0.717) is 41.5 Å². The molecule has 8 heteroatoms. The Morgan fingerprint density at radius 2 is 1.59 bits per heavy atom. The molecule has 1 saturated heterocycles. The molecule has 1 aliphatic heterocycles. The first-order valence-electron chi connectivity index (χ1n) is 10.1. The largest absolute Gasteiger partial charge is 0.507 e. The monoisotopic (exact) mass is 440 g/mol. The summed E-state index contributed by atoms with van der Waals surface area (Å²) in [7, 11) is 8.36. The third-order valence-corrected chi connectivity index (χ3v) is 5.42. The van der Waals surface area contributed by atoms with Gasteiger partial charge >= 0.3 is 0 Å². The van der Waals surface area contributed by atoms with Gasteiger partial charge in [-0.15, -0.1) is 0 Å². The normalized spacial score (nSPS) is 17.7. The number of carbonyl (C=O) groups is 2. The van der Waals surface area contributed by atoms with E-state index in [1.807, 2.05) is 19.0 Å². The second-order valence-electron chi connectivity index (χ2n) is 7.63. The Bertz CT molecular complexity index is 1030. The van der Waals surface area contributed by atoms with Gasteiger partial charge in [0.25, 0.3) is 11.7 Å². The Balaban J connectivity index is 2.21. The van der Waals surface area contributed by atoms with Crippen molar-refractivity contribution in [2.24, 2.45) is 0 Å². The minimum atomic E-state index is -0.831. The molecule has 0 aliphatic carbocycles. The van der Waals surface area contributed by atoms with Crippen molar-refractivity contribution in [2.45, 2.75) is 6.04 Å². The number of likely N-dealkylation sites (tertiary alicyclic amines) is 1. The molecule has 1 atom stereocenters. The van der Waals surface area contributed by atoms with Gasteiger partial charge in [-0.2, -0.15) is 0 Å². The smallest absolute Gasteiger partial charge is 0.295 e. The highest BCUT2D eigenvalue weighted by atomic mass is 16.5. The number of aliphatic hydroxyl groups is 1. The first-order valence-corrected chi connectivity index (χ1v) is 10.1. The van der Waals surface area contributed by atoms with Gasteiger partial charge in [0.05, 0.1) is 32.9 Å². The number of rotatable bonds is 8. The number of aliphatic hydroxyl groups excluding tert-OH is 1. The maximum Gasteiger partial charge on any atom is 0.295 e. The second-order valence-corrected chi connectivity index (χ2v) is 7.63. The number of amides is 1. The van der Waals surface area contributed by atoms with E-state index in [9.17, 15) is 14.7 Å². The fourth-order valence-electron chi connectivity index (χ4n) is 3.70. The summed E-state index contributed by atoms with van der Waals surface area (Å²) in [6.45, 7) is 0.834. The van der Waals surface area contributed by atoms with E-state index in [1.54, 1.807) is 49.6 Å².